The number of thiophene rings is 1. The van der Waals surface area contributed by atoms with Gasteiger partial charge in [-0.3, -0.25) is 14.2 Å². The fourth-order valence-electron chi connectivity index (χ4n) is 4.94. The van der Waals surface area contributed by atoms with E-state index in [-0.39, 0.29) is 23.6 Å². The van der Waals surface area contributed by atoms with E-state index < -0.39 is 0 Å². The highest BCUT2D eigenvalue weighted by atomic mass is 32.1. The third-order valence-corrected chi connectivity index (χ3v) is 7.78. The lowest BCUT2D eigenvalue weighted by molar-refractivity contribution is -0.142. The lowest BCUT2D eigenvalue weighted by Gasteiger charge is -2.34. The van der Waals surface area contributed by atoms with Crippen LogP contribution in [0.5, 0.6) is 0 Å². The molecule has 2 aliphatic heterocycles. The van der Waals surface area contributed by atoms with E-state index in [1.165, 1.54) is 10.4 Å². The summed E-state index contributed by atoms with van der Waals surface area (Å²) in [5.41, 5.74) is 1.36. The second-order valence-electron chi connectivity index (χ2n) is 8.55. The molecule has 2 saturated heterocycles. The number of fused-ring (bicyclic) bond motifs is 3. The molecule has 2 aromatic heterocycles. The van der Waals surface area contributed by atoms with Crippen LogP contribution in [0.1, 0.15) is 55.5 Å². The van der Waals surface area contributed by atoms with Gasteiger partial charge in [0.25, 0.3) is 11.5 Å². The van der Waals surface area contributed by atoms with Crippen molar-refractivity contribution in [2.75, 3.05) is 19.7 Å². The molecule has 0 bridgehead atoms. The summed E-state index contributed by atoms with van der Waals surface area (Å²) in [4.78, 5) is 34.7. The average molecular weight is 402 g/mol. The Morgan fingerprint density at radius 1 is 1.25 bits per heavy atom. The highest BCUT2D eigenvalue weighted by Crippen LogP contribution is 2.36. The molecule has 0 radical (unpaired) electrons. The fourth-order valence-corrected chi connectivity index (χ4v) is 6.29. The number of hydrogen-bond acceptors (Lipinski definition) is 5. The maximum Gasteiger partial charge on any atom is 0.262 e. The largest absolute Gasteiger partial charge is 0.368 e. The van der Waals surface area contributed by atoms with Crippen molar-refractivity contribution in [2.24, 2.45) is 5.92 Å². The quantitative estimate of drug-likeness (QED) is 0.776. The second-order valence-corrected chi connectivity index (χ2v) is 9.63. The van der Waals surface area contributed by atoms with Gasteiger partial charge in [-0.1, -0.05) is 6.92 Å². The van der Waals surface area contributed by atoms with Crippen LogP contribution in [0, 0.1) is 5.92 Å². The van der Waals surface area contributed by atoms with E-state index >= 15 is 0 Å². The number of nitrogens with zero attached hydrogens (tertiary/aromatic N) is 3. The van der Waals surface area contributed by atoms with Gasteiger partial charge in [0.1, 0.15) is 10.9 Å². The molecule has 4 heterocycles. The standard InChI is InChI=1S/C21H27N3O3S/c1-13-4-5-15-17(11-13)28-19-18(15)21(26)24(12-22-19)14-6-8-23(9-7-14)20(25)16-3-2-10-27-16/h12-14,16H,2-11H2,1H3. The first-order valence-corrected chi connectivity index (χ1v) is 11.3. The summed E-state index contributed by atoms with van der Waals surface area (Å²) in [6.45, 7) is 4.35. The van der Waals surface area contributed by atoms with Crippen molar-refractivity contribution in [2.45, 2.75) is 64.0 Å². The molecule has 2 fully saturated rings. The Balaban J connectivity index is 1.36. The van der Waals surface area contributed by atoms with Crippen LogP contribution >= 0.6 is 11.3 Å². The zero-order chi connectivity index (χ0) is 19.3. The number of carbonyl (C=O) groups excluding carboxylic acids is 1. The molecule has 0 spiro atoms. The Hall–Kier alpha value is -1.73. The Morgan fingerprint density at radius 3 is 2.82 bits per heavy atom. The number of piperidine rings is 1. The lowest BCUT2D eigenvalue weighted by atomic mass is 9.89. The van der Waals surface area contributed by atoms with E-state index in [0.717, 1.165) is 55.2 Å². The smallest absolute Gasteiger partial charge is 0.262 e. The minimum Gasteiger partial charge on any atom is -0.368 e. The highest BCUT2D eigenvalue weighted by molar-refractivity contribution is 7.18. The molecule has 1 amide bonds. The van der Waals surface area contributed by atoms with Gasteiger partial charge in [0.05, 0.1) is 11.7 Å². The van der Waals surface area contributed by atoms with Crippen LogP contribution in [0.25, 0.3) is 10.2 Å². The number of likely N-dealkylation sites (tertiary alicyclic amines) is 1. The maximum absolute atomic E-state index is 13.3. The molecule has 150 valence electrons. The zero-order valence-electron chi connectivity index (χ0n) is 16.4. The van der Waals surface area contributed by atoms with E-state index in [1.54, 1.807) is 17.7 Å². The van der Waals surface area contributed by atoms with Gasteiger partial charge < -0.3 is 9.64 Å². The van der Waals surface area contributed by atoms with Crippen molar-refractivity contribution in [1.29, 1.82) is 0 Å². The van der Waals surface area contributed by atoms with Gasteiger partial charge in [-0.15, -0.1) is 11.3 Å². The normalized spacial score (nSPS) is 26.0. The van der Waals surface area contributed by atoms with Crippen LogP contribution in [0.2, 0.25) is 0 Å². The van der Waals surface area contributed by atoms with Crippen molar-refractivity contribution in [1.82, 2.24) is 14.5 Å². The van der Waals surface area contributed by atoms with Crippen LogP contribution in [0.3, 0.4) is 0 Å². The number of hydrogen-bond donors (Lipinski definition) is 0. The topological polar surface area (TPSA) is 64.4 Å². The first-order valence-electron chi connectivity index (χ1n) is 10.5. The van der Waals surface area contributed by atoms with Gasteiger partial charge in [-0.05, 0) is 56.4 Å². The molecule has 5 rings (SSSR count). The van der Waals surface area contributed by atoms with Crippen molar-refractivity contribution in [3.63, 3.8) is 0 Å². The summed E-state index contributed by atoms with van der Waals surface area (Å²) in [6.07, 6.45) is 8.10. The molecule has 2 unspecified atom stereocenters. The molecule has 2 atom stereocenters. The predicted molar refractivity (Wildman–Crippen MR) is 109 cm³/mol. The van der Waals surface area contributed by atoms with Crippen molar-refractivity contribution >= 4 is 27.5 Å². The number of aryl methyl sites for hydroxylation is 1. The van der Waals surface area contributed by atoms with Gasteiger partial charge in [0.15, 0.2) is 0 Å². The summed E-state index contributed by atoms with van der Waals surface area (Å²) in [6, 6.07) is 0.121. The molecular weight excluding hydrogens is 374 g/mol. The first-order chi connectivity index (χ1) is 13.6. The number of ether oxygens (including phenoxy) is 1. The third kappa shape index (κ3) is 3.08. The molecule has 28 heavy (non-hydrogen) atoms. The maximum atomic E-state index is 13.3. The number of carbonyl (C=O) groups is 1. The lowest BCUT2D eigenvalue weighted by Crippen LogP contribution is -2.45. The summed E-state index contributed by atoms with van der Waals surface area (Å²) < 4.78 is 7.38. The van der Waals surface area contributed by atoms with Crippen LogP contribution in [-0.2, 0) is 22.4 Å². The number of aromatic nitrogens is 2. The van der Waals surface area contributed by atoms with E-state index in [4.69, 9.17) is 4.74 Å². The number of rotatable bonds is 2. The Kier molecular flexibility index (Phi) is 4.75. The predicted octanol–water partition coefficient (Wildman–Crippen LogP) is 2.93. The minimum absolute atomic E-state index is 0.112. The zero-order valence-corrected chi connectivity index (χ0v) is 17.2. The molecule has 0 aromatic carbocycles. The van der Waals surface area contributed by atoms with Crippen molar-refractivity contribution < 1.29 is 9.53 Å². The Labute approximate surface area is 168 Å². The van der Waals surface area contributed by atoms with E-state index in [0.29, 0.717) is 25.6 Å². The summed E-state index contributed by atoms with van der Waals surface area (Å²) in [5.74, 6) is 0.811. The summed E-state index contributed by atoms with van der Waals surface area (Å²) in [5, 5.41) is 0.854. The summed E-state index contributed by atoms with van der Waals surface area (Å²) in [7, 11) is 0. The molecular formula is C21H27N3O3S. The number of amides is 1. The van der Waals surface area contributed by atoms with Crippen molar-refractivity contribution in [3.8, 4) is 0 Å². The molecule has 6 nitrogen and oxygen atoms in total. The van der Waals surface area contributed by atoms with Gasteiger partial charge in [0.2, 0.25) is 0 Å². The van der Waals surface area contributed by atoms with E-state index in [2.05, 4.69) is 11.9 Å². The van der Waals surface area contributed by atoms with Crippen LogP contribution in [0.4, 0.5) is 0 Å². The van der Waals surface area contributed by atoms with Crippen LogP contribution < -0.4 is 5.56 Å². The van der Waals surface area contributed by atoms with Gasteiger partial charge in [0, 0.05) is 30.6 Å². The Bertz CT molecular complexity index is 952. The fraction of sp³-hybridized carbons (Fsp3) is 0.667. The third-order valence-electron chi connectivity index (χ3n) is 6.62. The van der Waals surface area contributed by atoms with E-state index in [9.17, 15) is 9.59 Å². The van der Waals surface area contributed by atoms with Gasteiger partial charge in [-0.2, -0.15) is 0 Å². The SMILES string of the molecule is CC1CCc2c(sc3ncn(C4CCN(C(=O)C5CCCO5)CC4)c(=O)c23)C1. The molecule has 7 heteroatoms. The Morgan fingerprint density at radius 2 is 2.07 bits per heavy atom. The second kappa shape index (κ2) is 7.26. The first kappa shape index (κ1) is 18.3. The summed E-state index contributed by atoms with van der Waals surface area (Å²) >= 11 is 1.70. The van der Waals surface area contributed by atoms with Crippen LogP contribution in [0.15, 0.2) is 11.1 Å². The van der Waals surface area contributed by atoms with Gasteiger partial charge in [-0.25, -0.2) is 4.98 Å². The monoisotopic (exact) mass is 401 g/mol. The molecule has 0 N–H and O–H groups in total. The molecule has 3 aliphatic rings. The molecule has 1 aliphatic carbocycles. The minimum atomic E-state index is -0.253. The average Bonchev–Trinajstić information content (AvgIpc) is 3.35. The molecule has 0 saturated carbocycles. The van der Waals surface area contributed by atoms with Gasteiger partial charge >= 0.3 is 0 Å². The van der Waals surface area contributed by atoms with Crippen LogP contribution in [-0.4, -0.2) is 46.2 Å². The van der Waals surface area contributed by atoms with E-state index in [1.807, 2.05) is 9.47 Å². The molecule has 2 aromatic rings. The highest BCUT2D eigenvalue weighted by Gasteiger charge is 2.32. The van der Waals surface area contributed by atoms with Crippen molar-refractivity contribution in [3.05, 3.63) is 27.1 Å².